The van der Waals surface area contributed by atoms with Gasteiger partial charge in [0.05, 0.1) is 11.3 Å². The maximum Gasteiger partial charge on any atom is 0.268 e. The van der Waals surface area contributed by atoms with Crippen molar-refractivity contribution in [1.82, 2.24) is 19.9 Å². The highest BCUT2D eigenvalue weighted by molar-refractivity contribution is 7.98. The number of nitrogens with zero attached hydrogens (tertiary/aromatic N) is 3. The molecular formula is C14H14N4OS2. The average molecular weight is 318 g/mol. The monoisotopic (exact) mass is 318 g/mol. The molecule has 3 heterocycles. The Hall–Kier alpha value is -1.73. The first kappa shape index (κ1) is 14.2. The molecule has 1 N–H and O–H groups in total. The van der Waals surface area contributed by atoms with E-state index in [1.165, 1.54) is 23.1 Å². The summed E-state index contributed by atoms with van der Waals surface area (Å²) >= 11 is 2.88. The molecule has 0 aliphatic carbocycles. The molecule has 0 aliphatic heterocycles. The lowest BCUT2D eigenvalue weighted by Crippen LogP contribution is -2.09. The Balaban J connectivity index is 1.85. The molecule has 3 aromatic rings. The van der Waals surface area contributed by atoms with E-state index in [0.717, 1.165) is 22.5 Å². The molecule has 0 radical (unpaired) electrons. The summed E-state index contributed by atoms with van der Waals surface area (Å²) in [5, 5.41) is 2.59. The molecule has 0 saturated carbocycles. The number of aromatic nitrogens is 4. The summed E-state index contributed by atoms with van der Waals surface area (Å²) in [6.45, 7) is 5.97. The van der Waals surface area contributed by atoms with E-state index in [2.05, 4.69) is 19.9 Å². The van der Waals surface area contributed by atoms with Gasteiger partial charge in [-0.25, -0.2) is 15.0 Å². The largest absolute Gasteiger partial charge is 0.309 e. The minimum atomic E-state index is -0.0808. The summed E-state index contributed by atoms with van der Waals surface area (Å²) in [5.74, 6) is 1.19. The molecule has 0 aromatic carbocycles. The van der Waals surface area contributed by atoms with Crippen molar-refractivity contribution in [2.45, 2.75) is 31.7 Å². The van der Waals surface area contributed by atoms with Crippen LogP contribution in [0.25, 0.3) is 10.2 Å². The van der Waals surface area contributed by atoms with Gasteiger partial charge in [-0.1, -0.05) is 11.8 Å². The van der Waals surface area contributed by atoms with Crippen LogP contribution in [0, 0.1) is 20.8 Å². The van der Waals surface area contributed by atoms with E-state index < -0.39 is 0 Å². The number of nitrogens with one attached hydrogen (secondary N) is 1. The molecular weight excluding hydrogens is 304 g/mol. The highest BCUT2D eigenvalue weighted by atomic mass is 32.2. The number of thiophene rings is 1. The SMILES string of the molecule is Cc1nc(SCc2nc3ccsc3c(=O)[nH]2)nc(C)c1C. The summed E-state index contributed by atoms with van der Waals surface area (Å²) in [5.41, 5.74) is 3.75. The molecule has 7 heteroatoms. The van der Waals surface area contributed by atoms with Gasteiger partial charge in [0, 0.05) is 11.4 Å². The van der Waals surface area contributed by atoms with Crippen molar-refractivity contribution < 1.29 is 0 Å². The Labute approximate surface area is 129 Å². The third-order valence-corrected chi connectivity index (χ3v) is 5.07. The van der Waals surface area contributed by atoms with Gasteiger partial charge in [-0.05, 0) is 37.8 Å². The minimum absolute atomic E-state index is 0.0808. The van der Waals surface area contributed by atoms with Gasteiger partial charge < -0.3 is 4.98 Å². The van der Waals surface area contributed by atoms with Crippen LogP contribution in [0.2, 0.25) is 0 Å². The molecule has 0 saturated heterocycles. The van der Waals surface area contributed by atoms with Crippen molar-refractivity contribution in [2.24, 2.45) is 0 Å². The molecule has 0 amide bonds. The smallest absolute Gasteiger partial charge is 0.268 e. The minimum Gasteiger partial charge on any atom is -0.309 e. The Bertz CT molecular complexity index is 846. The van der Waals surface area contributed by atoms with Gasteiger partial charge in [0.25, 0.3) is 5.56 Å². The zero-order chi connectivity index (χ0) is 15.0. The lowest BCUT2D eigenvalue weighted by molar-refractivity contribution is 0.878. The van der Waals surface area contributed by atoms with Crippen LogP contribution in [0.3, 0.4) is 0 Å². The third-order valence-electron chi connectivity index (χ3n) is 3.31. The van der Waals surface area contributed by atoms with E-state index >= 15 is 0 Å². The molecule has 0 unspecified atom stereocenters. The van der Waals surface area contributed by atoms with Crippen molar-refractivity contribution >= 4 is 33.3 Å². The summed E-state index contributed by atoms with van der Waals surface area (Å²) in [7, 11) is 0. The molecule has 0 spiro atoms. The van der Waals surface area contributed by atoms with Gasteiger partial charge in [0.2, 0.25) is 0 Å². The lowest BCUT2D eigenvalue weighted by Gasteiger charge is -2.06. The predicted molar refractivity (Wildman–Crippen MR) is 86.0 cm³/mol. The number of aryl methyl sites for hydroxylation is 2. The van der Waals surface area contributed by atoms with Crippen molar-refractivity contribution in [2.75, 3.05) is 0 Å². The summed E-state index contributed by atoms with van der Waals surface area (Å²) < 4.78 is 0.669. The fraction of sp³-hybridized carbons (Fsp3) is 0.286. The van der Waals surface area contributed by atoms with Crippen LogP contribution in [-0.2, 0) is 5.75 Å². The summed E-state index contributed by atoms with van der Waals surface area (Å²) in [4.78, 5) is 28.1. The second-order valence-corrected chi connectivity index (χ2v) is 6.60. The third kappa shape index (κ3) is 2.84. The van der Waals surface area contributed by atoms with Gasteiger partial charge in [-0.3, -0.25) is 4.79 Å². The maximum atomic E-state index is 11.9. The quantitative estimate of drug-likeness (QED) is 0.594. The van der Waals surface area contributed by atoms with Crippen LogP contribution >= 0.6 is 23.1 Å². The van der Waals surface area contributed by atoms with Crippen LogP contribution in [0.4, 0.5) is 0 Å². The first-order chi connectivity index (χ1) is 10.0. The van der Waals surface area contributed by atoms with Crippen LogP contribution in [0.5, 0.6) is 0 Å². The van der Waals surface area contributed by atoms with E-state index in [1.54, 1.807) is 0 Å². The first-order valence-electron chi connectivity index (χ1n) is 6.45. The van der Waals surface area contributed by atoms with Gasteiger partial charge in [0.15, 0.2) is 5.16 Å². The molecule has 108 valence electrons. The Morgan fingerprint density at radius 3 is 2.62 bits per heavy atom. The van der Waals surface area contributed by atoms with E-state index in [4.69, 9.17) is 0 Å². The molecule has 3 aromatic heterocycles. The molecule has 5 nitrogen and oxygen atoms in total. The Morgan fingerprint density at radius 2 is 1.90 bits per heavy atom. The van der Waals surface area contributed by atoms with Crippen LogP contribution in [0.15, 0.2) is 21.4 Å². The highest BCUT2D eigenvalue weighted by Crippen LogP contribution is 2.21. The standard InChI is InChI=1S/C14H14N4OS2/c1-7-8(2)15-14(16-9(7)3)21-6-11-17-10-4-5-20-12(10)13(19)18-11/h4-5H,6H2,1-3H3,(H,17,18,19). The normalized spacial score (nSPS) is 11.2. The van der Waals surface area contributed by atoms with E-state index in [-0.39, 0.29) is 5.56 Å². The fourth-order valence-corrected chi connectivity index (χ4v) is 3.46. The van der Waals surface area contributed by atoms with Crippen molar-refractivity contribution in [3.8, 4) is 0 Å². The van der Waals surface area contributed by atoms with Crippen molar-refractivity contribution in [3.63, 3.8) is 0 Å². The van der Waals surface area contributed by atoms with E-state index in [9.17, 15) is 4.79 Å². The second-order valence-electron chi connectivity index (χ2n) is 4.74. The first-order valence-corrected chi connectivity index (χ1v) is 8.32. The van der Waals surface area contributed by atoms with Crippen LogP contribution < -0.4 is 5.56 Å². The summed E-state index contributed by atoms with van der Waals surface area (Å²) in [6, 6.07) is 1.86. The van der Waals surface area contributed by atoms with Crippen molar-refractivity contribution in [3.05, 3.63) is 44.6 Å². The fourth-order valence-electron chi connectivity index (χ4n) is 1.93. The van der Waals surface area contributed by atoms with E-state index in [1.807, 2.05) is 32.2 Å². The van der Waals surface area contributed by atoms with Crippen LogP contribution in [0.1, 0.15) is 22.8 Å². The molecule has 0 fully saturated rings. The molecule has 0 aliphatic rings. The van der Waals surface area contributed by atoms with Gasteiger partial charge >= 0.3 is 0 Å². The number of hydrogen-bond donors (Lipinski definition) is 1. The molecule has 0 bridgehead atoms. The second kappa shape index (κ2) is 5.57. The van der Waals surface area contributed by atoms with Crippen molar-refractivity contribution in [1.29, 1.82) is 0 Å². The summed E-state index contributed by atoms with van der Waals surface area (Å²) in [6.07, 6.45) is 0. The highest BCUT2D eigenvalue weighted by Gasteiger charge is 2.08. The molecule has 3 rings (SSSR count). The average Bonchev–Trinajstić information content (AvgIpc) is 2.91. The number of fused-ring (bicyclic) bond motifs is 1. The topological polar surface area (TPSA) is 71.5 Å². The van der Waals surface area contributed by atoms with E-state index in [0.29, 0.717) is 21.4 Å². The maximum absolute atomic E-state index is 11.9. The number of rotatable bonds is 3. The van der Waals surface area contributed by atoms with Crippen LogP contribution in [-0.4, -0.2) is 19.9 Å². The number of hydrogen-bond acceptors (Lipinski definition) is 6. The Kier molecular flexibility index (Phi) is 3.77. The number of aromatic amines is 1. The van der Waals surface area contributed by atoms with Gasteiger partial charge in [-0.15, -0.1) is 11.3 Å². The molecule has 0 atom stereocenters. The number of thioether (sulfide) groups is 1. The molecule has 21 heavy (non-hydrogen) atoms. The zero-order valence-corrected chi connectivity index (χ0v) is 13.6. The predicted octanol–water partition coefficient (Wildman–Crippen LogP) is 2.99. The Morgan fingerprint density at radius 1 is 1.19 bits per heavy atom. The van der Waals surface area contributed by atoms with Gasteiger partial charge in [0.1, 0.15) is 10.5 Å². The zero-order valence-electron chi connectivity index (χ0n) is 11.9. The van der Waals surface area contributed by atoms with Gasteiger partial charge in [-0.2, -0.15) is 0 Å². The number of H-pyrrole nitrogens is 1. The lowest BCUT2D eigenvalue weighted by atomic mass is 10.2.